The molecule has 2 atom stereocenters. The van der Waals surface area contributed by atoms with Crippen molar-refractivity contribution in [3.8, 4) is 11.5 Å². The number of rotatable bonds is 11. The summed E-state index contributed by atoms with van der Waals surface area (Å²) in [6, 6.07) is 12.5. The number of hydrogen-bond donors (Lipinski definition) is 1. The van der Waals surface area contributed by atoms with Gasteiger partial charge >= 0.3 is 0 Å². The van der Waals surface area contributed by atoms with E-state index in [1.807, 2.05) is 45.0 Å². The van der Waals surface area contributed by atoms with E-state index in [-0.39, 0.29) is 30.9 Å². The highest BCUT2D eigenvalue weighted by atomic mass is 19.1. The molecule has 1 N–H and O–H groups in total. The van der Waals surface area contributed by atoms with Crippen LogP contribution in [0.15, 0.2) is 48.5 Å². The molecule has 0 unspecified atom stereocenters. The molecule has 0 spiro atoms. The van der Waals surface area contributed by atoms with Crippen LogP contribution in [-0.2, 0) is 16.1 Å². The number of nitrogens with zero attached hydrogens (tertiary/aromatic N) is 1. The Hall–Kier alpha value is -3.09. The fraction of sp³-hybridized carbons (Fsp3) is 0.417. The van der Waals surface area contributed by atoms with Crippen molar-refractivity contribution in [3.05, 3.63) is 59.9 Å². The smallest absolute Gasteiger partial charge is 0.261 e. The minimum Gasteiger partial charge on any atom is -0.497 e. The van der Waals surface area contributed by atoms with Crippen molar-refractivity contribution in [2.75, 3.05) is 13.7 Å². The SMILES string of the molecule is CC[C@H](C(=O)N[C@@H](C)CC)N(Cc1cccc(OC)c1)C(=O)COc1ccccc1F. The standard InChI is InChI=1S/C24H31FN2O4/c1-5-17(3)26-24(29)21(6-2)27(15-18-10-9-11-19(14-18)30-4)23(28)16-31-22-13-8-7-12-20(22)25/h7-14,17,21H,5-6,15-16H2,1-4H3,(H,26,29)/t17-,21+/m0/s1. The number of halogens is 1. The Morgan fingerprint density at radius 1 is 1.10 bits per heavy atom. The Morgan fingerprint density at radius 2 is 1.84 bits per heavy atom. The number of carbonyl (C=O) groups is 2. The van der Waals surface area contributed by atoms with Crippen molar-refractivity contribution in [3.63, 3.8) is 0 Å². The van der Waals surface area contributed by atoms with E-state index in [0.29, 0.717) is 12.2 Å². The first-order valence-electron chi connectivity index (χ1n) is 10.5. The maximum Gasteiger partial charge on any atom is 0.261 e. The lowest BCUT2D eigenvalue weighted by molar-refractivity contribution is -0.143. The minimum absolute atomic E-state index is 0.00529. The summed E-state index contributed by atoms with van der Waals surface area (Å²) in [4.78, 5) is 27.5. The van der Waals surface area contributed by atoms with Gasteiger partial charge in [0.05, 0.1) is 7.11 Å². The Bertz CT molecular complexity index is 874. The van der Waals surface area contributed by atoms with Crippen LogP contribution in [0.5, 0.6) is 11.5 Å². The predicted molar refractivity (Wildman–Crippen MR) is 117 cm³/mol. The summed E-state index contributed by atoms with van der Waals surface area (Å²) in [5.74, 6) is -0.522. The van der Waals surface area contributed by atoms with E-state index in [4.69, 9.17) is 9.47 Å². The van der Waals surface area contributed by atoms with E-state index in [1.54, 1.807) is 19.2 Å². The summed E-state index contributed by atoms with van der Waals surface area (Å²) >= 11 is 0. The van der Waals surface area contributed by atoms with Crippen LogP contribution in [0.1, 0.15) is 39.2 Å². The van der Waals surface area contributed by atoms with E-state index in [9.17, 15) is 14.0 Å². The summed E-state index contributed by atoms with van der Waals surface area (Å²) in [6.07, 6.45) is 1.21. The zero-order valence-corrected chi connectivity index (χ0v) is 18.6. The second-order valence-corrected chi connectivity index (χ2v) is 7.33. The van der Waals surface area contributed by atoms with Gasteiger partial charge in [-0.3, -0.25) is 9.59 Å². The number of hydrogen-bond acceptors (Lipinski definition) is 4. The number of benzene rings is 2. The van der Waals surface area contributed by atoms with Crippen LogP contribution < -0.4 is 14.8 Å². The molecule has 0 aliphatic heterocycles. The molecule has 168 valence electrons. The van der Waals surface area contributed by atoms with Gasteiger partial charge in [0.1, 0.15) is 11.8 Å². The molecule has 0 fully saturated rings. The number of ether oxygens (including phenoxy) is 2. The van der Waals surface area contributed by atoms with Gasteiger partial charge in [-0.05, 0) is 49.6 Å². The Morgan fingerprint density at radius 3 is 2.48 bits per heavy atom. The molecular formula is C24H31FN2O4. The molecule has 0 aliphatic rings. The topological polar surface area (TPSA) is 67.9 Å². The highest BCUT2D eigenvalue weighted by Crippen LogP contribution is 2.19. The second-order valence-electron chi connectivity index (χ2n) is 7.33. The maximum absolute atomic E-state index is 13.9. The summed E-state index contributed by atoms with van der Waals surface area (Å²) in [6.45, 7) is 5.57. The Kier molecular flexibility index (Phi) is 9.31. The number of amides is 2. The molecule has 0 saturated heterocycles. The molecule has 0 aliphatic carbocycles. The van der Waals surface area contributed by atoms with Gasteiger partial charge in [-0.25, -0.2) is 4.39 Å². The van der Waals surface area contributed by atoms with E-state index < -0.39 is 17.8 Å². The second kappa shape index (κ2) is 11.9. The first kappa shape index (κ1) is 24.2. The lowest BCUT2D eigenvalue weighted by Crippen LogP contribution is -2.51. The molecular weight excluding hydrogens is 399 g/mol. The lowest BCUT2D eigenvalue weighted by Gasteiger charge is -2.31. The molecule has 2 amide bonds. The first-order chi connectivity index (χ1) is 14.9. The molecule has 0 bridgehead atoms. The number of para-hydroxylation sites is 1. The van der Waals surface area contributed by atoms with Crippen LogP contribution in [-0.4, -0.2) is 42.5 Å². The highest BCUT2D eigenvalue weighted by Gasteiger charge is 2.29. The van der Waals surface area contributed by atoms with Crippen molar-refractivity contribution in [2.24, 2.45) is 0 Å². The molecule has 0 radical (unpaired) electrons. The van der Waals surface area contributed by atoms with Gasteiger partial charge < -0.3 is 19.7 Å². The van der Waals surface area contributed by atoms with Crippen LogP contribution in [0.4, 0.5) is 4.39 Å². The van der Waals surface area contributed by atoms with Crippen LogP contribution in [0.25, 0.3) is 0 Å². The average molecular weight is 431 g/mol. The largest absolute Gasteiger partial charge is 0.497 e. The lowest BCUT2D eigenvalue weighted by atomic mass is 10.1. The summed E-state index contributed by atoms with van der Waals surface area (Å²) in [7, 11) is 1.57. The van der Waals surface area contributed by atoms with Gasteiger partial charge in [0.2, 0.25) is 5.91 Å². The summed E-state index contributed by atoms with van der Waals surface area (Å²) < 4.78 is 24.6. The molecule has 31 heavy (non-hydrogen) atoms. The fourth-order valence-corrected chi connectivity index (χ4v) is 3.11. The number of carbonyl (C=O) groups excluding carboxylic acids is 2. The van der Waals surface area contributed by atoms with E-state index in [1.165, 1.54) is 17.0 Å². The molecule has 2 aromatic rings. The predicted octanol–water partition coefficient (Wildman–Crippen LogP) is 3.94. The van der Waals surface area contributed by atoms with E-state index >= 15 is 0 Å². The van der Waals surface area contributed by atoms with Crippen molar-refractivity contribution in [2.45, 2.75) is 52.2 Å². The Balaban J connectivity index is 2.25. The third-order valence-electron chi connectivity index (χ3n) is 5.06. The third-order valence-corrected chi connectivity index (χ3v) is 5.06. The van der Waals surface area contributed by atoms with Gasteiger partial charge in [-0.2, -0.15) is 0 Å². The van der Waals surface area contributed by atoms with Gasteiger partial charge in [-0.15, -0.1) is 0 Å². The van der Waals surface area contributed by atoms with Crippen molar-refractivity contribution in [1.29, 1.82) is 0 Å². The highest BCUT2D eigenvalue weighted by molar-refractivity contribution is 5.88. The van der Waals surface area contributed by atoms with Crippen LogP contribution in [0.2, 0.25) is 0 Å². The van der Waals surface area contributed by atoms with Crippen molar-refractivity contribution in [1.82, 2.24) is 10.2 Å². The zero-order valence-electron chi connectivity index (χ0n) is 18.6. The summed E-state index contributed by atoms with van der Waals surface area (Å²) in [5, 5.41) is 2.95. The average Bonchev–Trinajstić information content (AvgIpc) is 2.78. The van der Waals surface area contributed by atoms with Gasteiger partial charge in [0.25, 0.3) is 5.91 Å². The molecule has 0 aromatic heterocycles. The zero-order chi connectivity index (χ0) is 22.8. The molecule has 2 rings (SSSR count). The molecule has 0 heterocycles. The van der Waals surface area contributed by atoms with Crippen LogP contribution in [0.3, 0.4) is 0 Å². The molecule has 2 aromatic carbocycles. The monoisotopic (exact) mass is 430 g/mol. The third kappa shape index (κ3) is 6.98. The van der Waals surface area contributed by atoms with E-state index in [2.05, 4.69) is 5.32 Å². The van der Waals surface area contributed by atoms with Gasteiger partial charge in [-0.1, -0.05) is 38.1 Å². The van der Waals surface area contributed by atoms with E-state index in [0.717, 1.165) is 12.0 Å². The van der Waals surface area contributed by atoms with Crippen LogP contribution in [0, 0.1) is 5.82 Å². The Labute approximate surface area is 183 Å². The van der Waals surface area contributed by atoms with Gasteiger partial charge in [0.15, 0.2) is 18.2 Å². The molecule has 7 heteroatoms. The molecule has 0 saturated carbocycles. The quantitative estimate of drug-likeness (QED) is 0.586. The number of methoxy groups -OCH3 is 1. The maximum atomic E-state index is 13.9. The van der Waals surface area contributed by atoms with Crippen molar-refractivity contribution < 1.29 is 23.5 Å². The fourth-order valence-electron chi connectivity index (χ4n) is 3.11. The van der Waals surface area contributed by atoms with Gasteiger partial charge in [0, 0.05) is 12.6 Å². The first-order valence-corrected chi connectivity index (χ1v) is 10.5. The van der Waals surface area contributed by atoms with Crippen molar-refractivity contribution >= 4 is 11.8 Å². The van der Waals surface area contributed by atoms with Crippen LogP contribution >= 0.6 is 0 Å². The number of nitrogens with one attached hydrogen (secondary N) is 1. The minimum atomic E-state index is -0.683. The molecule has 6 nitrogen and oxygen atoms in total. The normalized spacial score (nSPS) is 12.5. The summed E-state index contributed by atoms with van der Waals surface area (Å²) in [5.41, 5.74) is 0.813.